The molecule has 0 spiro atoms. The molecule has 0 aliphatic heterocycles. The van der Waals surface area contributed by atoms with Crippen LogP contribution in [0.1, 0.15) is 23.4 Å². The minimum atomic E-state index is -0.175. The van der Waals surface area contributed by atoms with Gasteiger partial charge in [0, 0.05) is 38.6 Å². The van der Waals surface area contributed by atoms with Crippen LogP contribution in [0, 0.1) is 0 Å². The lowest BCUT2D eigenvalue weighted by molar-refractivity contribution is 0.0923. The van der Waals surface area contributed by atoms with Crippen LogP contribution in [0.5, 0.6) is 0 Å². The molecule has 6 nitrogen and oxygen atoms in total. The average molecular weight is 218 g/mol. The molecule has 16 heavy (non-hydrogen) atoms. The number of hydrogen-bond donors (Lipinski definition) is 0. The van der Waals surface area contributed by atoms with E-state index in [4.69, 9.17) is 0 Å². The summed E-state index contributed by atoms with van der Waals surface area (Å²) in [4.78, 5) is 30.7. The number of carbonyl (C=O) groups excluding carboxylic acids is 2. The number of hydrogen-bond acceptors (Lipinski definition) is 4. The van der Waals surface area contributed by atoms with Gasteiger partial charge >= 0.3 is 0 Å². The summed E-state index contributed by atoms with van der Waals surface area (Å²) in [5.41, 5.74) is 0. The van der Waals surface area contributed by atoms with Crippen molar-refractivity contribution in [1.82, 2.24) is 19.1 Å². The second-order valence-corrected chi connectivity index (χ2v) is 3.28. The number of carbonyl (C=O) groups is 2. The molecule has 0 atom stereocenters. The van der Waals surface area contributed by atoms with E-state index in [1.165, 1.54) is 47.8 Å². The summed E-state index contributed by atoms with van der Waals surface area (Å²) in [5.74, 6) is 0.386. The van der Waals surface area contributed by atoms with Crippen LogP contribution < -0.4 is 0 Å². The highest BCUT2D eigenvalue weighted by molar-refractivity contribution is 5.83. The first-order valence-corrected chi connectivity index (χ1v) is 4.70. The van der Waals surface area contributed by atoms with Crippen LogP contribution in [0.3, 0.4) is 0 Å². The van der Waals surface area contributed by atoms with E-state index >= 15 is 0 Å². The lowest BCUT2D eigenvalue weighted by atomic mass is 10.5. The van der Waals surface area contributed by atoms with Crippen LogP contribution in [0.25, 0.3) is 11.6 Å². The van der Waals surface area contributed by atoms with E-state index in [0.29, 0.717) is 11.6 Å². The summed E-state index contributed by atoms with van der Waals surface area (Å²) in [6.07, 6.45) is 6.07. The smallest absolute Gasteiger partial charge is 0.229 e. The first-order valence-electron chi connectivity index (χ1n) is 4.70. The Balaban J connectivity index is 2.59. The lowest BCUT2D eigenvalue weighted by Gasteiger charge is -2.04. The molecule has 0 N–H and O–H groups in total. The first-order chi connectivity index (χ1) is 7.61. The topological polar surface area (TPSA) is 69.8 Å². The van der Waals surface area contributed by atoms with Crippen molar-refractivity contribution in [2.75, 3.05) is 0 Å². The van der Waals surface area contributed by atoms with Gasteiger partial charge in [0.25, 0.3) is 0 Å². The van der Waals surface area contributed by atoms with E-state index in [2.05, 4.69) is 9.97 Å². The summed E-state index contributed by atoms with van der Waals surface area (Å²) in [7, 11) is 0. The first kappa shape index (κ1) is 10.3. The van der Waals surface area contributed by atoms with Crippen molar-refractivity contribution in [2.45, 2.75) is 13.8 Å². The third-order valence-electron chi connectivity index (χ3n) is 2.16. The zero-order chi connectivity index (χ0) is 11.7. The van der Waals surface area contributed by atoms with Crippen LogP contribution in [0.2, 0.25) is 0 Å². The van der Waals surface area contributed by atoms with Crippen LogP contribution in [-0.4, -0.2) is 30.9 Å². The van der Waals surface area contributed by atoms with Crippen LogP contribution in [0.15, 0.2) is 24.8 Å². The molecule has 82 valence electrons. The van der Waals surface area contributed by atoms with E-state index < -0.39 is 0 Å². The molecule has 0 aliphatic carbocycles. The zero-order valence-electron chi connectivity index (χ0n) is 8.91. The van der Waals surface area contributed by atoms with Crippen molar-refractivity contribution < 1.29 is 9.59 Å². The van der Waals surface area contributed by atoms with Crippen molar-refractivity contribution in [1.29, 1.82) is 0 Å². The fraction of sp³-hybridized carbons (Fsp3) is 0.200. The summed E-state index contributed by atoms with van der Waals surface area (Å²) < 4.78 is 2.70. The van der Waals surface area contributed by atoms with Gasteiger partial charge in [-0.15, -0.1) is 0 Å². The van der Waals surface area contributed by atoms with Crippen molar-refractivity contribution in [3.63, 3.8) is 0 Å². The molecule has 0 aromatic carbocycles. The molecule has 0 bridgehead atoms. The molecule has 0 amide bonds. The van der Waals surface area contributed by atoms with Crippen molar-refractivity contribution >= 4 is 11.8 Å². The average Bonchev–Trinajstić information content (AvgIpc) is 2.85. The largest absolute Gasteiger partial charge is 0.274 e. The molecule has 2 heterocycles. The van der Waals surface area contributed by atoms with E-state index in [1.54, 1.807) is 0 Å². The van der Waals surface area contributed by atoms with Gasteiger partial charge in [-0.1, -0.05) is 0 Å². The number of nitrogens with zero attached hydrogens (tertiary/aromatic N) is 4. The van der Waals surface area contributed by atoms with Crippen molar-refractivity contribution in [2.24, 2.45) is 0 Å². The fourth-order valence-electron chi connectivity index (χ4n) is 1.45. The second kappa shape index (κ2) is 3.73. The Labute approximate surface area is 91.5 Å². The monoisotopic (exact) mass is 218 g/mol. The number of rotatable bonds is 1. The molecule has 0 fully saturated rings. The molecule has 6 heteroatoms. The third kappa shape index (κ3) is 1.54. The summed E-state index contributed by atoms with van der Waals surface area (Å²) in [5, 5.41) is 0. The van der Waals surface area contributed by atoms with Crippen molar-refractivity contribution in [3.8, 4) is 11.6 Å². The quantitative estimate of drug-likeness (QED) is 0.717. The molecule has 2 aromatic heterocycles. The van der Waals surface area contributed by atoms with Crippen LogP contribution >= 0.6 is 0 Å². The summed E-state index contributed by atoms with van der Waals surface area (Å²) in [6.45, 7) is 2.85. The highest BCUT2D eigenvalue weighted by Crippen LogP contribution is 2.15. The molecular weight excluding hydrogens is 208 g/mol. The standard InChI is InChI=1S/C10H10N4O2/c1-7(15)13-5-3-11-9(13)10-12-4-6-14(10)8(2)16/h3-6H,1-2H3. The minimum Gasteiger partial charge on any atom is -0.274 e. The van der Waals surface area contributed by atoms with Crippen molar-refractivity contribution in [3.05, 3.63) is 24.8 Å². The van der Waals surface area contributed by atoms with Gasteiger partial charge < -0.3 is 0 Å². The number of aromatic nitrogens is 4. The molecule has 0 aliphatic rings. The Morgan fingerprint density at radius 3 is 1.62 bits per heavy atom. The van der Waals surface area contributed by atoms with E-state index in [1.807, 2.05) is 0 Å². The van der Waals surface area contributed by atoms with E-state index in [0.717, 1.165) is 0 Å². The molecular formula is C10H10N4O2. The highest BCUT2D eigenvalue weighted by atomic mass is 16.2. The molecule has 0 saturated heterocycles. The Morgan fingerprint density at radius 1 is 0.938 bits per heavy atom. The minimum absolute atomic E-state index is 0.175. The van der Waals surface area contributed by atoms with Crippen LogP contribution in [0.4, 0.5) is 0 Å². The third-order valence-corrected chi connectivity index (χ3v) is 2.16. The van der Waals surface area contributed by atoms with Gasteiger partial charge in [-0.2, -0.15) is 0 Å². The van der Waals surface area contributed by atoms with Crippen LogP contribution in [-0.2, 0) is 0 Å². The number of imidazole rings is 2. The Kier molecular flexibility index (Phi) is 2.40. The normalized spacial score (nSPS) is 10.4. The highest BCUT2D eigenvalue weighted by Gasteiger charge is 2.15. The van der Waals surface area contributed by atoms with Gasteiger partial charge in [0.2, 0.25) is 11.8 Å². The second-order valence-electron chi connectivity index (χ2n) is 3.28. The fourth-order valence-corrected chi connectivity index (χ4v) is 1.45. The Bertz CT molecular complexity index is 502. The van der Waals surface area contributed by atoms with Gasteiger partial charge in [-0.25, -0.2) is 9.97 Å². The maximum Gasteiger partial charge on any atom is 0.229 e. The van der Waals surface area contributed by atoms with E-state index in [-0.39, 0.29) is 11.8 Å². The lowest BCUT2D eigenvalue weighted by Crippen LogP contribution is -2.12. The SMILES string of the molecule is CC(=O)n1ccnc1-c1nccn1C(C)=O. The maximum atomic E-state index is 11.3. The Hall–Kier alpha value is -2.24. The summed E-state index contributed by atoms with van der Waals surface area (Å²) in [6, 6.07) is 0. The van der Waals surface area contributed by atoms with Gasteiger partial charge in [0.05, 0.1) is 0 Å². The van der Waals surface area contributed by atoms with Gasteiger partial charge in [0.15, 0.2) is 11.6 Å². The van der Waals surface area contributed by atoms with Gasteiger partial charge in [0.1, 0.15) is 0 Å². The molecule has 2 rings (SSSR count). The van der Waals surface area contributed by atoms with E-state index in [9.17, 15) is 9.59 Å². The summed E-state index contributed by atoms with van der Waals surface area (Å²) >= 11 is 0. The Morgan fingerprint density at radius 2 is 1.31 bits per heavy atom. The maximum absolute atomic E-state index is 11.3. The molecule has 0 unspecified atom stereocenters. The molecule has 0 saturated carbocycles. The predicted octanol–water partition coefficient (Wildman–Crippen LogP) is 1.07. The molecule has 0 radical (unpaired) electrons. The van der Waals surface area contributed by atoms with Gasteiger partial charge in [-0.3, -0.25) is 18.7 Å². The van der Waals surface area contributed by atoms with Gasteiger partial charge in [-0.05, 0) is 0 Å². The molecule has 2 aromatic rings. The predicted molar refractivity (Wildman–Crippen MR) is 56.0 cm³/mol. The zero-order valence-corrected chi connectivity index (χ0v) is 8.91.